The average Bonchev–Trinajstić information content (AvgIpc) is 2.98. The maximum absolute atomic E-state index is 14.3. The first-order chi connectivity index (χ1) is 9.10. The Bertz CT molecular complexity index is 462. The van der Waals surface area contributed by atoms with Gasteiger partial charge in [-0.3, -0.25) is 0 Å². The predicted octanol–water partition coefficient (Wildman–Crippen LogP) is 4.04. The summed E-state index contributed by atoms with van der Waals surface area (Å²) in [4.78, 5) is 0. The Morgan fingerprint density at radius 3 is 2.68 bits per heavy atom. The number of rotatable bonds is 4. The molecule has 0 N–H and O–H groups in total. The highest BCUT2D eigenvalue weighted by molar-refractivity contribution is 5.33. The second-order valence-corrected chi connectivity index (χ2v) is 6.10. The fourth-order valence-electron chi connectivity index (χ4n) is 3.18. The van der Waals surface area contributed by atoms with Gasteiger partial charge in [-0.2, -0.15) is 0 Å². The Hall–Kier alpha value is -1.09. The Morgan fingerprint density at radius 1 is 1.37 bits per heavy atom. The monoisotopic (exact) mass is 264 g/mol. The Balaban J connectivity index is 1.72. The zero-order valence-electron chi connectivity index (χ0n) is 11.6. The molecule has 2 aliphatic rings. The second-order valence-electron chi connectivity index (χ2n) is 6.10. The van der Waals surface area contributed by atoms with Gasteiger partial charge in [-0.05, 0) is 43.2 Å². The highest BCUT2D eigenvalue weighted by Gasteiger charge is 2.46. The first-order valence-corrected chi connectivity index (χ1v) is 7.19. The summed E-state index contributed by atoms with van der Waals surface area (Å²) in [5.41, 5.74) is 0.567. The SMILES string of the molecule is CC(C)c1cccc(OCC23CCC(CC2)O3)c1F. The topological polar surface area (TPSA) is 18.5 Å². The molecule has 2 saturated heterocycles. The van der Waals surface area contributed by atoms with Crippen molar-refractivity contribution in [3.8, 4) is 5.75 Å². The standard InChI is InChI=1S/C16H21FO2/c1-11(2)13-4-3-5-14(15(13)17)18-10-16-8-6-12(19-16)7-9-16/h3-5,11-12H,6-10H2,1-2H3. The third-order valence-corrected chi connectivity index (χ3v) is 4.37. The maximum atomic E-state index is 14.3. The molecule has 0 amide bonds. The number of hydrogen-bond acceptors (Lipinski definition) is 2. The molecule has 2 nitrogen and oxygen atoms in total. The van der Waals surface area contributed by atoms with Crippen LogP contribution in [0, 0.1) is 5.82 Å². The molecular formula is C16H21FO2. The van der Waals surface area contributed by atoms with Gasteiger partial charge in [0.1, 0.15) is 12.2 Å². The van der Waals surface area contributed by atoms with Gasteiger partial charge >= 0.3 is 0 Å². The van der Waals surface area contributed by atoms with Crippen LogP contribution in [0.3, 0.4) is 0 Å². The van der Waals surface area contributed by atoms with E-state index >= 15 is 0 Å². The van der Waals surface area contributed by atoms with Gasteiger partial charge in [0.2, 0.25) is 0 Å². The summed E-state index contributed by atoms with van der Waals surface area (Å²) < 4.78 is 26.0. The molecule has 0 saturated carbocycles. The summed E-state index contributed by atoms with van der Waals surface area (Å²) in [5, 5.41) is 0. The number of hydrogen-bond donors (Lipinski definition) is 0. The molecule has 19 heavy (non-hydrogen) atoms. The van der Waals surface area contributed by atoms with E-state index in [9.17, 15) is 4.39 Å². The van der Waals surface area contributed by atoms with Gasteiger partial charge < -0.3 is 9.47 Å². The molecule has 0 radical (unpaired) electrons. The van der Waals surface area contributed by atoms with Crippen molar-refractivity contribution in [2.75, 3.05) is 6.61 Å². The molecule has 3 heteroatoms. The van der Waals surface area contributed by atoms with E-state index in [4.69, 9.17) is 9.47 Å². The van der Waals surface area contributed by atoms with E-state index in [-0.39, 0.29) is 17.3 Å². The summed E-state index contributed by atoms with van der Waals surface area (Å²) in [5.74, 6) is 0.307. The van der Waals surface area contributed by atoms with Gasteiger partial charge in [0.15, 0.2) is 11.6 Å². The highest BCUT2D eigenvalue weighted by atomic mass is 19.1. The average molecular weight is 264 g/mol. The largest absolute Gasteiger partial charge is 0.487 e. The van der Waals surface area contributed by atoms with Crippen LogP contribution in [0.25, 0.3) is 0 Å². The van der Waals surface area contributed by atoms with Crippen molar-refractivity contribution in [1.82, 2.24) is 0 Å². The normalized spacial score (nSPS) is 29.2. The third kappa shape index (κ3) is 2.36. The minimum atomic E-state index is -0.221. The zero-order valence-corrected chi connectivity index (χ0v) is 11.6. The first-order valence-electron chi connectivity index (χ1n) is 7.19. The lowest BCUT2D eigenvalue weighted by atomic mass is 9.89. The molecule has 3 rings (SSSR count). The van der Waals surface area contributed by atoms with E-state index in [0.29, 0.717) is 24.0 Å². The van der Waals surface area contributed by atoms with Crippen molar-refractivity contribution in [3.63, 3.8) is 0 Å². The lowest BCUT2D eigenvalue weighted by Gasteiger charge is -2.25. The minimum absolute atomic E-state index is 0.148. The molecule has 2 bridgehead atoms. The smallest absolute Gasteiger partial charge is 0.168 e. The summed E-state index contributed by atoms with van der Waals surface area (Å²) in [6.45, 7) is 4.45. The molecule has 1 aromatic rings. The Labute approximate surface area is 113 Å². The van der Waals surface area contributed by atoms with Gasteiger partial charge in [0.05, 0.1) is 6.10 Å². The van der Waals surface area contributed by atoms with Gasteiger partial charge in [-0.25, -0.2) is 4.39 Å². The van der Waals surface area contributed by atoms with E-state index in [1.165, 1.54) is 0 Å². The quantitative estimate of drug-likeness (QED) is 0.817. The number of benzene rings is 1. The van der Waals surface area contributed by atoms with E-state index in [0.717, 1.165) is 25.7 Å². The van der Waals surface area contributed by atoms with E-state index in [1.807, 2.05) is 26.0 Å². The van der Waals surface area contributed by atoms with Gasteiger partial charge in [-0.15, -0.1) is 0 Å². The second kappa shape index (κ2) is 4.78. The van der Waals surface area contributed by atoms with Crippen molar-refractivity contribution in [3.05, 3.63) is 29.6 Å². The number of fused-ring (bicyclic) bond motifs is 2. The van der Waals surface area contributed by atoms with Crippen LogP contribution in [0.1, 0.15) is 51.0 Å². The van der Waals surface area contributed by atoms with Crippen molar-refractivity contribution in [2.45, 2.75) is 57.2 Å². The molecule has 0 spiro atoms. The van der Waals surface area contributed by atoms with Gasteiger partial charge in [-0.1, -0.05) is 26.0 Å². The van der Waals surface area contributed by atoms with Crippen molar-refractivity contribution in [1.29, 1.82) is 0 Å². The van der Waals surface area contributed by atoms with E-state index in [1.54, 1.807) is 6.07 Å². The predicted molar refractivity (Wildman–Crippen MR) is 72.1 cm³/mol. The molecule has 1 aromatic carbocycles. The maximum Gasteiger partial charge on any atom is 0.168 e. The highest BCUT2D eigenvalue weighted by Crippen LogP contribution is 2.43. The molecule has 0 atom stereocenters. The van der Waals surface area contributed by atoms with Crippen LogP contribution in [-0.2, 0) is 4.74 Å². The number of halogens is 1. The summed E-state index contributed by atoms with van der Waals surface area (Å²) >= 11 is 0. The molecule has 104 valence electrons. The van der Waals surface area contributed by atoms with Crippen LogP contribution in [0.15, 0.2) is 18.2 Å². The first kappa shape index (κ1) is 12.9. The van der Waals surface area contributed by atoms with Crippen LogP contribution < -0.4 is 4.74 Å². The van der Waals surface area contributed by atoms with Crippen LogP contribution in [0.2, 0.25) is 0 Å². The molecule has 2 fully saturated rings. The molecule has 0 aromatic heterocycles. The zero-order chi connectivity index (χ0) is 13.5. The summed E-state index contributed by atoms with van der Waals surface area (Å²) in [6, 6.07) is 5.39. The summed E-state index contributed by atoms with van der Waals surface area (Å²) in [6.07, 6.45) is 4.75. The third-order valence-electron chi connectivity index (χ3n) is 4.37. The van der Waals surface area contributed by atoms with Gasteiger partial charge in [0.25, 0.3) is 0 Å². The van der Waals surface area contributed by atoms with Crippen LogP contribution >= 0.6 is 0 Å². The van der Waals surface area contributed by atoms with Crippen molar-refractivity contribution < 1.29 is 13.9 Å². The molecule has 2 heterocycles. The van der Waals surface area contributed by atoms with Crippen LogP contribution in [0.5, 0.6) is 5.75 Å². The number of ether oxygens (including phenoxy) is 2. The Morgan fingerprint density at radius 2 is 2.11 bits per heavy atom. The lowest BCUT2D eigenvalue weighted by molar-refractivity contribution is -0.0206. The van der Waals surface area contributed by atoms with Crippen LogP contribution in [0.4, 0.5) is 4.39 Å². The lowest BCUT2D eigenvalue weighted by Crippen LogP contribution is -2.32. The molecule has 0 aliphatic carbocycles. The summed E-state index contributed by atoms with van der Waals surface area (Å²) in [7, 11) is 0. The van der Waals surface area contributed by atoms with Crippen LogP contribution in [-0.4, -0.2) is 18.3 Å². The minimum Gasteiger partial charge on any atom is -0.487 e. The molecule has 0 unspecified atom stereocenters. The fraction of sp³-hybridized carbons (Fsp3) is 0.625. The molecular weight excluding hydrogens is 243 g/mol. The van der Waals surface area contributed by atoms with Crippen molar-refractivity contribution in [2.24, 2.45) is 0 Å². The molecule has 2 aliphatic heterocycles. The van der Waals surface area contributed by atoms with E-state index in [2.05, 4.69) is 0 Å². The van der Waals surface area contributed by atoms with Gasteiger partial charge in [0, 0.05) is 0 Å². The van der Waals surface area contributed by atoms with E-state index < -0.39 is 0 Å². The Kier molecular flexibility index (Phi) is 3.25. The fourth-order valence-corrected chi connectivity index (χ4v) is 3.18. The van der Waals surface area contributed by atoms with Crippen molar-refractivity contribution >= 4 is 0 Å².